The number of unbranched alkanes of at least 4 members (excludes halogenated alkanes) is 2. The highest BCUT2D eigenvalue weighted by molar-refractivity contribution is 4.71. The quantitative estimate of drug-likeness (QED) is 0.579. The lowest BCUT2D eigenvalue weighted by atomic mass is 10.1. The second-order valence-electron chi connectivity index (χ2n) is 4.49. The van der Waals surface area contributed by atoms with E-state index in [9.17, 15) is 0 Å². The van der Waals surface area contributed by atoms with Crippen molar-refractivity contribution in [3.63, 3.8) is 0 Å². The van der Waals surface area contributed by atoms with E-state index in [0.717, 1.165) is 19.7 Å². The normalized spacial score (nSPS) is 12.0. The molecule has 0 saturated heterocycles. The first-order valence-corrected chi connectivity index (χ1v) is 5.97. The van der Waals surface area contributed by atoms with Gasteiger partial charge in [-0.25, -0.2) is 0 Å². The minimum absolute atomic E-state index is 0.0110. The summed E-state index contributed by atoms with van der Waals surface area (Å²) in [5.41, 5.74) is -0.0110. The Balaban J connectivity index is 3.40. The molecule has 0 unspecified atom stereocenters. The predicted octanol–water partition coefficient (Wildman–Crippen LogP) is 2.97. The molecule has 14 heavy (non-hydrogen) atoms. The van der Waals surface area contributed by atoms with Gasteiger partial charge in [-0.15, -0.1) is 0 Å². The molecule has 0 aliphatic heterocycles. The fourth-order valence-corrected chi connectivity index (χ4v) is 1.32. The van der Waals surface area contributed by atoms with Crippen LogP contribution in [-0.2, 0) is 4.74 Å². The molecule has 0 bridgehead atoms. The standard InChI is InChI=1S/C12H27NO/c1-5-7-8-10-14-12(3,4)11-13-9-6-2/h13H,5-11H2,1-4H3. The minimum Gasteiger partial charge on any atom is -0.374 e. The number of ether oxygens (including phenoxy) is 1. The Bertz CT molecular complexity index is 123. The first-order chi connectivity index (χ1) is 6.62. The minimum atomic E-state index is -0.0110. The van der Waals surface area contributed by atoms with Gasteiger partial charge in [-0.3, -0.25) is 0 Å². The molecule has 2 nitrogen and oxygen atoms in total. The smallest absolute Gasteiger partial charge is 0.0750 e. The molecular formula is C12H27NO. The molecule has 2 heteroatoms. The zero-order chi connectivity index (χ0) is 10.9. The summed E-state index contributed by atoms with van der Waals surface area (Å²) < 4.78 is 5.82. The van der Waals surface area contributed by atoms with Crippen LogP contribution in [0.1, 0.15) is 53.4 Å². The van der Waals surface area contributed by atoms with Crippen LogP contribution in [-0.4, -0.2) is 25.3 Å². The number of rotatable bonds is 9. The van der Waals surface area contributed by atoms with Crippen LogP contribution in [0.3, 0.4) is 0 Å². The Morgan fingerprint density at radius 1 is 1.07 bits per heavy atom. The molecule has 86 valence electrons. The lowest BCUT2D eigenvalue weighted by Gasteiger charge is -2.25. The molecule has 0 atom stereocenters. The summed E-state index contributed by atoms with van der Waals surface area (Å²) in [5.74, 6) is 0. The lowest BCUT2D eigenvalue weighted by molar-refractivity contribution is -0.0177. The highest BCUT2D eigenvalue weighted by atomic mass is 16.5. The third kappa shape index (κ3) is 8.52. The van der Waals surface area contributed by atoms with Crippen LogP contribution < -0.4 is 5.32 Å². The predicted molar refractivity (Wildman–Crippen MR) is 62.7 cm³/mol. The van der Waals surface area contributed by atoms with Gasteiger partial charge >= 0.3 is 0 Å². The van der Waals surface area contributed by atoms with Crippen molar-refractivity contribution in [2.75, 3.05) is 19.7 Å². The van der Waals surface area contributed by atoms with Crippen LogP contribution in [0.2, 0.25) is 0 Å². The molecule has 1 N–H and O–H groups in total. The molecule has 0 spiro atoms. The van der Waals surface area contributed by atoms with E-state index in [2.05, 4.69) is 33.0 Å². The van der Waals surface area contributed by atoms with Crippen molar-refractivity contribution in [1.82, 2.24) is 5.32 Å². The number of hydrogen-bond acceptors (Lipinski definition) is 2. The van der Waals surface area contributed by atoms with Crippen LogP contribution in [0.25, 0.3) is 0 Å². The summed E-state index contributed by atoms with van der Waals surface area (Å²) >= 11 is 0. The van der Waals surface area contributed by atoms with Crippen molar-refractivity contribution in [3.05, 3.63) is 0 Å². The Hall–Kier alpha value is -0.0800. The highest BCUT2D eigenvalue weighted by Gasteiger charge is 2.16. The maximum atomic E-state index is 5.82. The van der Waals surface area contributed by atoms with E-state index in [1.807, 2.05) is 0 Å². The Labute approximate surface area is 89.4 Å². The van der Waals surface area contributed by atoms with Gasteiger partial charge in [-0.1, -0.05) is 26.7 Å². The van der Waals surface area contributed by atoms with Crippen molar-refractivity contribution < 1.29 is 4.74 Å². The lowest BCUT2D eigenvalue weighted by Crippen LogP contribution is -2.38. The average Bonchev–Trinajstić information content (AvgIpc) is 2.13. The van der Waals surface area contributed by atoms with E-state index in [1.165, 1.54) is 25.7 Å². The number of hydrogen-bond donors (Lipinski definition) is 1. The van der Waals surface area contributed by atoms with Gasteiger partial charge in [0.15, 0.2) is 0 Å². The van der Waals surface area contributed by atoms with Crippen LogP contribution in [0.15, 0.2) is 0 Å². The molecule has 0 rings (SSSR count). The third-order valence-electron chi connectivity index (χ3n) is 2.22. The molecule has 0 aromatic rings. The summed E-state index contributed by atoms with van der Waals surface area (Å²) in [5, 5.41) is 3.39. The maximum absolute atomic E-state index is 5.82. The van der Waals surface area contributed by atoms with E-state index in [1.54, 1.807) is 0 Å². The maximum Gasteiger partial charge on any atom is 0.0750 e. The molecule has 0 aromatic carbocycles. The monoisotopic (exact) mass is 201 g/mol. The Kier molecular flexibility index (Phi) is 8.20. The van der Waals surface area contributed by atoms with Crippen LogP contribution in [0, 0.1) is 0 Å². The van der Waals surface area contributed by atoms with Gasteiger partial charge in [0.25, 0.3) is 0 Å². The van der Waals surface area contributed by atoms with Crippen LogP contribution in [0.5, 0.6) is 0 Å². The summed E-state index contributed by atoms with van der Waals surface area (Å²) in [6.07, 6.45) is 4.91. The van der Waals surface area contributed by atoms with Gasteiger partial charge in [0.1, 0.15) is 0 Å². The van der Waals surface area contributed by atoms with Gasteiger partial charge in [-0.2, -0.15) is 0 Å². The summed E-state index contributed by atoms with van der Waals surface area (Å²) in [6.45, 7) is 11.6. The van der Waals surface area contributed by atoms with Crippen molar-refractivity contribution in [3.8, 4) is 0 Å². The van der Waals surface area contributed by atoms with E-state index in [0.29, 0.717) is 0 Å². The fraction of sp³-hybridized carbons (Fsp3) is 1.00. The van der Waals surface area contributed by atoms with Crippen molar-refractivity contribution in [1.29, 1.82) is 0 Å². The molecule has 0 saturated carbocycles. The largest absolute Gasteiger partial charge is 0.374 e. The van der Waals surface area contributed by atoms with Crippen LogP contribution >= 0.6 is 0 Å². The Morgan fingerprint density at radius 2 is 1.79 bits per heavy atom. The summed E-state index contributed by atoms with van der Waals surface area (Å²) in [7, 11) is 0. The van der Waals surface area contributed by atoms with Gasteiger partial charge in [0, 0.05) is 13.2 Å². The molecular weight excluding hydrogens is 174 g/mol. The van der Waals surface area contributed by atoms with E-state index in [-0.39, 0.29) is 5.60 Å². The molecule has 0 amide bonds. The SMILES string of the molecule is CCCCCOC(C)(C)CNCCC. The summed E-state index contributed by atoms with van der Waals surface area (Å²) in [4.78, 5) is 0. The first kappa shape index (κ1) is 13.9. The molecule has 0 radical (unpaired) electrons. The van der Waals surface area contributed by atoms with Crippen molar-refractivity contribution in [2.24, 2.45) is 0 Å². The second-order valence-corrected chi connectivity index (χ2v) is 4.49. The third-order valence-corrected chi connectivity index (χ3v) is 2.22. The Morgan fingerprint density at radius 3 is 2.36 bits per heavy atom. The number of nitrogens with one attached hydrogen (secondary N) is 1. The van der Waals surface area contributed by atoms with E-state index in [4.69, 9.17) is 4.74 Å². The summed E-state index contributed by atoms with van der Waals surface area (Å²) in [6, 6.07) is 0. The molecule has 0 fully saturated rings. The molecule has 0 aromatic heterocycles. The topological polar surface area (TPSA) is 21.3 Å². The molecule has 0 aliphatic carbocycles. The highest BCUT2D eigenvalue weighted by Crippen LogP contribution is 2.09. The zero-order valence-electron chi connectivity index (χ0n) is 10.4. The van der Waals surface area contributed by atoms with Gasteiger partial charge < -0.3 is 10.1 Å². The van der Waals surface area contributed by atoms with Crippen molar-refractivity contribution in [2.45, 2.75) is 59.0 Å². The molecule has 0 heterocycles. The first-order valence-electron chi connectivity index (χ1n) is 5.97. The van der Waals surface area contributed by atoms with Gasteiger partial charge in [0.05, 0.1) is 5.60 Å². The van der Waals surface area contributed by atoms with Gasteiger partial charge in [0.2, 0.25) is 0 Å². The molecule has 0 aliphatic rings. The van der Waals surface area contributed by atoms with Crippen LogP contribution in [0.4, 0.5) is 0 Å². The second kappa shape index (κ2) is 8.25. The zero-order valence-corrected chi connectivity index (χ0v) is 10.4. The van der Waals surface area contributed by atoms with Gasteiger partial charge in [-0.05, 0) is 33.2 Å². The fourth-order valence-electron chi connectivity index (χ4n) is 1.32. The van der Waals surface area contributed by atoms with Crippen molar-refractivity contribution >= 4 is 0 Å². The van der Waals surface area contributed by atoms with E-state index >= 15 is 0 Å². The van der Waals surface area contributed by atoms with E-state index < -0.39 is 0 Å². The average molecular weight is 201 g/mol.